The number of hydrogen-bond acceptors (Lipinski definition) is 4. The summed E-state index contributed by atoms with van der Waals surface area (Å²) in [5.74, 6) is 1.07. The lowest BCUT2D eigenvalue weighted by Crippen LogP contribution is -2.50. The van der Waals surface area contributed by atoms with Crippen LogP contribution in [0.3, 0.4) is 0 Å². The van der Waals surface area contributed by atoms with Crippen molar-refractivity contribution in [3.05, 3.63) is 95.6 Å². The van der Waals surface area contributed by atoms with E-state index in [0.717, 1.165) is 36.4 Å². The number of ether oxygens (including phenoxy) is 1. The Bertz CT molecular complexity index is 1160. The zero-order chi connectivity index (χ0) is 23.5. The number of amides is 1. The van der Waals surface area contributed by atoms with Gasteiger partial charge in [0, 0.05) is 35.6 Å². The van der Waals surface area contributed by atoms with E-state index in [1.54, 1.807) is 7.11 Å². The highest BCUT2D eigenvalue weighted by molar-refractivity contribution is 6.30. The Hall–Kier alpha value is -3.18. The largest absolute Gasteiger partial charge is 0.496 e. The van der Waals surface area contributed by atoms with Gasteiger partial charge in [0.25, 0.3) is 0 Å². The SMILES string of the molecule is COc1ccccc1C1(CN2[CH]Nc3ccccc32)CCN(C(=O)Cc2ccc(Cl)cc2)CC1. The van der Waals surface area contributed by atoms with Gasteiger partial charge in [-0.3, -0.25) is 4.79 Å². The van der Waals surface area contributed by atoms with Gasteiger partial charge in [-0.25, -0.2) is 0 Å². The van der Waals surface area contributed by atoms with Crippen molar-refractivity contribution in [1.82, 2.24) is 4.90 Å². The zero-order valence-corrected chi connectivity index (χ0v) is 20.1. The molecule has 1 fully saturated rings. The van der Waals surface area contributed by atoms with Gasteiger partial charge in [-0.15, -0.1) is 0 Å². The second kappa shape index (κ2) is 9.59. The normalized spacial score (nSPS) is 16.6. The number of nitrogens with zero attached hydrogens (tertiary/aromatic N) is 2. The van der Waals surface area contributed by atoms with Crippen LogP contribution in [0.1, 0.15) is 24.0 Å². The van der Waals surface area contributed by atoms with Gasteiger partial charge in [0.2, 0.25) is 5.91 Å². The van der Waals surface area contributed by atoms with Crippen LogP contribution in [0.5, 0.6) is 5.75 Å². The van der Waals surface area contributed by atoms with Crippen LogP contribution < -0.4 is 15.0 Å². The molecule has 2 aliphatic heterocycles. The van der Waals surface area contributed by atoms with E-state index in [4.69, 9.17) is 16.3 Å². The van der Waals surface area contributed by atoms with Crippen LogP contribution in [0.2, 0.25) is 5.02 Å². The highest BCUT2D eigenvalue weighted by Gasteiger charge is 2.41. The fourth-order valence-corrected chi connectivity index (χ4v) is 5.31. The van der Waals surface area contributed by atoms with Gasteiger partial charge >= 0.3 is 0 Å². The number of methoxy groups -OCH3 is 1. The minimum absolute atomic E-state index is 0.140. The molecule has 1 N–H and O–H groups in total. The lowest BCUT2D eigenvalue weighted by Gasteiger charge is -2.45. The van der Waals surface area contributed by atoms with Gasteiger partial charge in [-0.1, -0.05) is 54.1 Å². The zero-order valence-electron chi connectivity index (χ0n) is 19.3. The van der Waals surface area contributed by atoms with E-state index in [-0.39, 0.29) is 11.3 Å². The molecular formula is C28H29ClN3O2. The minimum atomic E-state index is -0.140. The first-order valence-electron chi connectivity index (χ1n) is 11.7. The summed E-state index contributed by atoms with van der Waals surface area (Å²) in [6.07, 6.45) is 2.13. The van der Waals surface area contributed by atoms with E-state index in [9.17, 15) is 4.79 Å². The van der Waals surface area contributed by atoms with E-state index in [1.807, 2.05) is 47.4 Å². The molecular weight excluding hydrogens is 446 g/mol. The van der Waals surface area contributed by atoms with Gasteiger partial charge in [-0.2, -0.15) is 0 Å². The van der Waals surface area contributed by atoms with Crippen molar-refractivity contribution in [1.29, 1.82) is 0 Å². The van der Waals surface area contributed by atoms with E-state index < -0.39 is 0 Å². The predicted octanol–water partition coefficient (Wildman–Crippen LogP) is 5.50. The van der Waals surface area contributed by atoms with E-state index in [0.29, 0.717) is 24.5 Å². The molecule has 0 bridgehead atoms. The third kappa shape index (κ3) is 4.45. The monoisotopic (exact) mass is 474 g/mol. The summed E-state index contributed by atoms with van der Waals surface area (Å²) in [7, 11) is 1.73. The molecule has 2 aliphatic rings. The third-order valence-electron chi connectivity index (χ3n) is 7.08. The summed E-state index contributed by atoms with van der Waals surface area (Å²) >= 11 is 6.00. The molecule has 1 saturated heterocycles. The average Bonchev–Trinajstić information content (AvgIpc) is 3.28. The van der Waals surface area contributed by atoms with Gasteiger partial charge in [0.15, 0.2) is 0 Å². The van der Waals surface area contributed by atoms with Crippen LogP contribution in [0.15, 0.2) is 72.8 Å². The van der Waals surface area contributed by atoms with Crippen LogP contribution in [-0.4, -0.2) is 37.6 Å². The van der Waals surface area contributed by atoms with Crippen molar-refractivity contribution in [2.45, 2.75) is 24.7 Å². The number of hydrogen-bond donors (Lipinski definition) is 1. The van der Waals surface area contributed by atoms with Gasteiger partial charge in [-0.05, 0) is 48.7 Å². The van der Waals surface area contributed by atoms with Crippen molar-refractivity contribution in [2.24, 2.45) is 0 Å². The van der Waals surface area contributed by atoms with Crippen molar-refractivity contribution >= 4 is 28.9 Å². The lowest BCUT2D eigenvalue weighted by atomic mass is 9.71. The Labute approximate surface area is 206 Å². The van der Waals surface area contributed by atoms with E-state index in [2.05, 4.69) is 47.2 Å². The van der Waals surface area contributed by atoms with Crippen LogP contribution in [0.4, 0.5) is 11.4 Å². The molecule has 34 heavy (non-hydrogen) atoms. The predicted molar refractivity (Wildman–Crippen MR) is 137 cm³/mol. The molecule has 0 spiro atoms. The molecule has 1 amide bonds. The summed E-state index contributed by atoms with van der Waals surface area (Å²) in [6.45, 7) is 4.30. The molecule has 6 heteroatoms. The molecule has 0 atom stereocenters. The summed E-state index contributed by atoms with van der Waals surface area (Å²) in [6, 6.07) is 24.2. The Morgan fingerprint density at radius 2 is 1.71 bits per heavy atom. The molecule has 0 unspecified atom stereocenters. The highest BCUT2D eigenvalue weighted by Crippen LogP contribution is 2.44. The molecule has 0 saturated carbocycles. The van der Waals surface area contributed by atoms with Crippen molar-refractivity contribution in [3.8, 4) is 5.75 Å². The smallest absolute Gasteiger partial charge is 0.226 e. The van der Waals surface area contributed by atoms with Crippen molar-refractivity contribution < 1.29 is 9.53 Å². The molecule has 3 aromatic rings. The highest BCUT2D eigenvalue weighted by atomic mass is 35.5. The number of carbonyl (C=O) groups is 1. The first-order valence-corrected chi connectivity index (χ1v) is 12.1. The van der Waals surface area contributed by atoms with Crippen LogP contribution in [0.25, 0.3) is 0 Å². The first kappa shape index (κ1) is 22.6. The molecule has 1 radical (unpaired) electrons. The third-order valence-corrected chi connectivity index (χ3v) is 7.33. The molecule has 5 nitrogen and oxygen atoms in total. The van der Waals surface area contributed by atoms with E-state index in [1.165, 1.54) is 11.3 Å². The molecule has 0 aliphatic carbocycles. The summed E-state index contributed by atoms with van der Waals surface area (Å²) in [5, 5.41) is 4.08. The Kier molecular flexibility index (Phi) is 6.38. The van der Waals surface area contributed by atoms with Crippen molar-refractivity contribution in [3.63, 3.8) is 0 Å². The minimum Gasteiger partial charge on any atom is -0.496 e. The number of para-hydroxylation sites is 3. The van der Waals surface area contributed by atoms with Gasteiger partial charge in [0.1, 0.15) is 12.4 Å². The van der Waals surface area contributed by atoms with Crippen LogP contribution in [-0.2, 0) is 16.6 Å². The first-order chi connectivity index (χ1) is 16.6. The topological polar surface area (TPSA) is 44.8 Å². The number of anilines is 2. The van der Waals surface area contributed by atoms with E-state index >= 15 is 0 Å². The molecule has 175 valence electrons. The number of carbonyl (C=O) groups excluding carboxylic acids is 1. The Morgan fingerprint density at radius 1 is 1.00 bits per heavy atom. The average molecular weight is 475 g/mol. The number of fused-ring (bicyclic) bond motifs is 1. The Morgan fingerprint density at radius 3 is 2.47 bits per heavy atom. The number of benzene rings is 3. The van der Waals surface area contributed by atoms with Gasteiger partial charge in [0.05, 0.1) is 24.9 Å². The lowest BCUT2D eigenvalue weighted by molar-refractivity contribution is -0.132. The fraction of sp³-hybridized carbons (Fsp3) is 0.286. The number of nitrogens with one attached hydrogen (secondary N) is 1. The summed E-state index contributed by atoms with van der Waals surface area (Å²) in [4.78, 5) is 17.4. The van der Waals surface area contributed by atoms with Crippen molar-refractivity contribution in [2.75, 3.05) is 37.0 Å². The molecule has 0 aromatic heterocycles. The quantitative estimate of drug-likeness (QED) is 0.512. The summed E-state index contributed by atoms with van der Waals surface area (Å²) in [5.41, 5.74) is 4.36. The fourth-order valence-electron chi connectivity index (χ4n) is 5.19. The molecule has 3 aromatic carbocycles. The number of likely N-dealkylation sites (tertiary alicyclic amines) is 1. The maximum absolute atomic E-state index is 13.1. The second-order valence-corrected chi connectivity index (χ2v) is 9.52. The maximum Gasteiger partial charge on any atom is 0.226 e. The van der Waals surface area contributed by atoms with Gasteiger partial charge < -0.3 is 19.9 Å². The van der Waals surface area contributed by atoms with Crippen LogP contribution in [0, 0.1) is 6.67 Å². The molecule has 2 heterocycles. The van der Waals surface area contributed by atoms with Crippen LogP contribution >= 0.6 is 11.6 Å². The Balaban J connectivity index is 1.37. The number of rotatable bonds is 6. The number of halogens is 1. The number of piperidine rings is 1. The molecule has 5 rings (SSSR count). The standard InChI is InChI=1S/C28H29ClN3O2/c1-34-26-9-5-2-6-23(26)28(19-32-20-30-24-7-3-4-8-25(24)32)14-16-31(17-15-28)27(33)18-21-10-12-22(29)13-11-21/h2-13,20,30H,14-19H2,1H3. The second-order valence-electron chi connectivity index (χ2n) is 9.08. The summed E-state index contributed by atoms with van der Waals surface area (Å²) < 4.78 is 5.78. The maximum atomic E-state index is 13.1.